The van der Waals surface area contributed by atoms with E-state index < -0.39 is 6.04 Å². The van der Waals surface area contributed by atoms with Crippen LogP contribution in [0.15, 0.2) is 42.5 Å². The molecule has 1 saturated carbocycles. The van der Waals surface area contributed by atoms with Gasteiger partial charge in [-0.05, 0) is 47.7 Å². The first kappa shape index (κ1) is 22.7. The van der Waals surface area contributed by atoms with E-state index in [9.17, 15) is 14.4 Å². The van der Waals surface area contributed by atoms with Crippen LogP contribution in [0.4, 0.5) is 0 Å². The molecule has 2 aromatic carbocycles. The highest BCUT2D eigenvalue weighted by Gasteiger charge is 2.38. The molecule has 7 nitrogen and oxygen atoms in total. The Morgan fingerprint density at radius 3 is 2.59 bits per heavy atom. The third-order valence-corrected chi connectivity index (χ3v) is 6.97. The summed E-state index contributed by atoms with van der Waals surface area (Å²) in [5.41, 5.74) is 3.73. The first-order valence-corrected chi connectivity index (χ1v) is 12.1. The molecule has 1 saturated heterocycles. The predicted molar refractivity (Wildman–Crippen MR) is 125 cm³/mol. The van der Waals surface area contributed by atoms with Crippen LogP contribution in [0.25, 0.3) is 0 Å². The SMILES string of the molecule is O=C1CCC[C@H](N2Cc3c(COc4ccc(CN5CCOCC5)cc4)cccc3C2=O)C(=O)C1. The van der Waals surface area contributed by atoms with Gasteiger partial charge in [0.15, 0.2) is 5.78 Å². The van der Waals surface area contributed by atoms with Crippen LogP contribution in [0.5, 0.6) is 5.75 Å². The van der Waals surface area contributed by atoms with E-state index in [0.29, 0.717) is 38.0 Å². The van der Waals surface area contributed by atoms with Crippen LogP contribution in [0, 0.1) is 0 Å². The number of ketones is 2. The van der Waals surface area contributed by atoms with Crippen molar-refractivity contribution in [2.24, 2.45) is 0 Å². The number of hydrogen-bond donors (Lipinski definition) is 0. The minimum absolute atomic E-state index is 0.0262. The standard InChI is InChI=1S/C27H30N2O5/c30-21-4-2-6-25(26(31)15-21)29-17-24-20(3-1-5-23(24)27(29)32)18-34-22-9-7-19(8-10-22)16-28-11-13-33-14-12-28/h1,3,5,7-10,25H,2,4,6,11-18H2/t25-/m0/s1. The van der Waals surface area contributed by atoms with Gasteiger partial charge in [-0.2, -0.15) is 0 Å². The van der Waals surface area contributed by atoms with Crippen molar-refractivity contribution < 1.29 is 23.9 Å². The zero-order valence-corrected chi connectivity index (χ0v) is 19.3. The molecule has 2 fully saturated rings. The Hall–Kier alpha value is -3.03. The van der Waals surface area contributed by atoms with Crippen LogP contribution < -0.4 is 4.74 Å². The number of amides is 1. The highest BCUT2D eigenvalue weighted by Crippen LogP contribution is 2.31. The molecule has 1 amide bonds. The Bertz CT molecular complexity index is 1070. The number of fused-ring (bicyclic) bond motifs is 1. The summed E-state index contributed by atoms with van der Waals surface area (Å²) in [6.07, 6.45) is 1.55. The number of Topliss-reactive ketones (excluding diaryl/α,β-unsaturated/α-hetero) is 2. The number of carbonyl (C=O) groups is 3. The second-order valence-electron chi connectivity index (χ2n) is 9.29. The van der Waals surface area contributed by atoms with E-state index >= 15 is 0 Å². The Labute approximate surface area is 199 Å². The van der Waals surface area contributed by atoms with Crippen molar-refractivity contribution >= 4 is 17.5 Å². The van der Waals surface area contributed by atoms with Crippen LogP contribution in [-0.4, -0.2) is 59.6 Å². The second-order valence-corrected chi connectivity index (χ2v) is 9.29. The minimum Gasteiger partial charge on any atom is -0.489 e. The molecule has 34 heavy (non-hydrogen) atoms. The van der Waals surface area contributed by atoms with Crippen LogP contribution in [0.2, 0.25) is 0 Å². The summed E-state index contributed by atoms with van der Waals surface area (Å²) < 4.78 is 11.5. The summed E-state index contributed by atoms with van der Waals surface area (Å²) >= 11 is 0. The lowest BCUT2D eigenvalue weighted by Gasteiger charge is -2.26. The Balaban J connectivity index is 1.24. The largest absolute Gasteiger partial charge is 0.489 e. The Morgan fingerprint density at radius 1 is 1.00 bits per heavy atom. The molecule has 2 aromatic rings. The van der Waals surface area contributed by atoms with Gasteiger partial charge in [0, 0.05) is 38.2 Å². The lowest BCUT2D eigenvalue weighted by atomic mass is 10.0. The van der Waals surface area contributed by atoms with Crippen molar-refractivity contribution in [1.82, 2.24) is 9.80 Å². The molecule has 2 aliphatic heterocycles. The third-order valence-electron chi connectivity index (χ3n) is 6.97. The van der Waals surface area contributed by atoms with Gasteiger partial charge >= 0.3 is 0 Å². The molecule has 0 bridgehead atoms. The molecule has 0 aromatic heterocycles. The van der Waals surface area contributed by atoms with Gasteiger partial charge < -0.3 is 14.4 Å². The molecule has 2 heterocycles. The molecule has 1 atom stereocenters. The van der Waals surface area contributed by atoms with Gasteiger partial charge in [-0.15, -0.1) is 0 Å². The van der Waals surface area contributed by atoms with E-state index in [1.807, 2.05) is 30.3 Å². The fourth-order valence-electron chi connectivity index (χ4n) is 5.06. The first-order chi connectivity index (χ1) is 16.6. The zero-order chi connectivity index (χ0) is 23.5. The molecule has 1 aliphatic carbocycles. The number of benzene rings is 2. The van der Waals surface area contributed by atoms with Crippen LogP contribution in [0.3, 0.4) is 0 Å². The van der Waals surface area contributed by atoms with Gasteiger partial charge in [-0.25, -0.2) is 0 Å². The van der Waals surface area contributed by atoms with Crippen LogP contribution in [-0.2, 0) is 34.0 Å². The highest BCUT2D eigenvalue weighted by atomic mass is 16.5. The van der Waals surface area contributed by atoms with Crippen LogP contribution in [0.1, 0.15) is 52.7 Å². The lowest BCUT2D eigenvalue weighted by Crippen LogP contribution is -2.41. The summed E-state index contributed by atoms with van der Waals surface area (Å²) in [6.45, 7) is 5.12. The normalized spacial score (nSPS) is 21.5. The van der Waals surface area contributed by atoms with E-state index in [4.69, 9.17) is 9.47 Å². The maximum atomic E-state index is 13.1. The average molecular weight is 463 g/mol. The molecule has 0 N–H and O–H groups in total. The van der Waals surface area contributed by atoms with Gasteiger partial charge in [0.2, 0.25) is 0 Å². The predicted octanol–water partition coefficient (Wildman–Crippen LogP) is 3.13. The second kappa shape index (κ2) is 10.1. The summed E-state index contributed by atoms with van der Waals surface area (Å²) in [7, 11) is 0. The Kier molecular flexibility index (Phi) is 6.74. The fourth-order valence-corrected chi connectivity index (χ4v) is 5.06. The summed E-state index contributed by atoms with van der Waals surface area (Å²) in [5, 5.41) is 0. The average Bonchev–Trinajstić information content (AvgIpc) is 3.08. The number of ether oxygens (including phenoxy) is 2. The fraction of sp³-hybridized carbons (Fsp3) is 0.444. The quantitative estimate of drug-likeness (QED) is 0.485. The Morgan fingerprint density at radius 2 is 1.79 bits per heavy atom. The molecular weight excluding hydrogens is 432 g/mol. The zero-order valence-electron chi connectivity index (χ0n) is 19.3. The van der Waals surface area contributed by atoms with Crippen molar-refractivity contribution in [3.8, 4) is 5.75 Å². The van der Waals surface area contributed by atoms with Gasteiger partial charge in [-0.1, -0.05) is 24.3 Å². The highest BCUT2D eigenvalue weighted by molar-refractivity contribution is 6.06. The number of hydrogen-bond acceptors (Lipinski definition) is 6. The van der Waals surface area contributed by atoms with Crippen molar-refractivity contribution in [2.45, 2.75) is 51.4 Å². The summed E-state index contributed by atoms with van der Waals surface area (Å²) in [6, 6.07) is 13.3. The molecule has 5 rings (SSSR count). The maximum absolute atomic E-state index is 13.1. The van der Waals surface area contributed by atoms with E-state index in [2.05, 4.69) is 17.0 Å². The van der Waals surface area contributed by atoms with E-state index in [0.717, 1.165) is 49.7 Å². The van der Waals surface area contributed by atoms with Gasteiger partial charge in [-0.3, -0.25) is 19.3 Å². The molecular formula is C27H30N2O5. The van der Waals surface area contributed by atoms with Crippen molar-refractivity contribution in [3.05, 3.63) is 64.7 Å². The van der Waals surface area contributed by atoms with E-state index in [1.54, 1.807) is 4.90 Å². The van der Waals surface area contributed by atoms with Crippen LogP contribution >= 0.6 is 0 Å². The van der Waals surface area contributed by atoms with Gasteiger partial charge in [0.1, 0.15) is 18.1 Å². The molecule has 3 aliphatic rings. The first-order valence-electron chi connectivity index (χ1n) is 12.1. The summed E-state index contributed by atoms with van der Waals surface area (Å²) in [5.74, 6) is 0.485. The topological polar surface area (TPSA) is 76.2 Å². The van der Waals surface area contributed by atoms with E-state index in [1.165, 1.54) is 5.56 Å². The number of rotatable bonds is 6. The van der Waals surface area contributed by atoms with Crippen molar-refractivity contribution in [3.63, 3.8) is 0 Å². The monoisotopic (exact) mass is 462 g/mol. The van der Waals surface area contributed by atoms with Gasteiger partial charge in [0.25, 0.3) is 5.91 Å². The lowest BCUT2D eigenvalue weighted by molar-refractivity contribution is -0.128. The molecule has 7 heteroatoms. The van der Waals surface area contributed by atoms with Crippen molar-refractivity contribution in [1.29, 1.82) is 0 Å². The third kappa shape index (κ3) is 4.91. The molecule has 0 radical (unpaired) electrons. The number of morpholine rings is 1. The summed E-state index contributed by atoms with van der Waals surface area (Å²) in [4.78, 5) is 41.5. The molecule has 0 unspecified atom stereocenters. The number of nitrogens with zero attached hydrogens (tertiary/aromatic N) is 2. The van der Waals surface area contributed by atoms with Gasteiger partial charge in [0.05, 0.1) is 25.7 Å². The van der Waals surface area contributed by atoms with E-state index in [-0.39, 0.29) is 23.9 Å². The number of carbonyl (C=O) groups excluding carboxylic acids is 3. The minimum atomic E-state index is -0.515. The maximum Gasteiger partial charge on any atom is 0.255 e. The molecule has 0 spiro atoms. The van der Waals surface area contributed by atoms with Crippen molar-refractivity contribution in [2.75, 3.05) is 26.3 Å². The smallest absolute Gasteiger partial charge is 0.255 e. The molecule has 178 valence electrons.